The zero-order valence-corrected chi connectivity index (χ0v) is 19.2. The zero-order chi connectivity index (χ0) is 23.3. The van der Waals surface area contributed by atoms with Gasteiger partial charge in [0.1, 0.15) is 5.82 Å². The number of alkyl carbamates (subject to hydrolysis) is 1. The molecule has 1 saturated heterocycles. The number of methoxy groups -OCH3 is 1. The van der Waals surface area contributed by atoms with Crippen LogP contribution in [0.25, 0.3) is 0 Å². The molecule has 6 heteroatoms. The molecule has 2 fully saturated rings. The molecule has 0 spiro atoms. The Hall–Kier alpha value is -2.91. The van der Waals surface area contributed by atoms with Gasteiger partial charge in [-0.25, -0.2) is 9.18 Å². The molecular weight excluding hydrogens is 417 g/mol. The second-order valence-corrected chi connectivity index (χ2v) is 9.31. The monoisotopic (exact) mass is 449 g/mol. The molecule has 0 radical (unpaired) electrons. The number of hydrogen-bond acceptors (Lipinski definition) is 4. The second-order valence-electron chi connectivity index (χ2n) is 9.31. The third-order valence-electron chi connectivity index (χ3n) is 7.56. The number of nitrogens with one attached hydrogen (secondary N) is 1. The summed E-state index contributed by atoms with van der Waals surface area (Å²) in [5.41, 5.74) is 1.16. The summed E-state index contributed by atoms with van der Waals surface area (Å²) in [4.78, 5) is 14.5. The van der Waals surface area contributed by atoms with Crippen molar-refractivity contribution in [2.24, 2.45) is 11.8 Å². The standard InChI is InChI=1S/C27H32FN3O2/c1-33-26(32)30-25-12-6-11-24(25)27(19-29,22-9-5-10-23(28)17-22)21-13-15-31(16-14-21)18-20-7-3-2-4-8-20/h2-5,7-10,17,21,24-25H,6,11-16,18H2,1H3,(H,30,32). The van der Waals surface area contributed by atoms with Crippen LogP contribution in [0.2, 0.25) is 0 Å². The Morgan fingerprint density at radius 3 is 2.58 bits per heavy atom. The molecule has 3 atom stereocenters. The van der Waals surface area contributed by atoms with E-state index in [0.717, 1.165) is 57.3 Å². The Balaban J connectivity index is 1.61. The number of amides is 1. The molecule has 1 amide bonds. The number of halogens is 1. The van der Waals surface area contributed by atoms with Crippen molar-refractivity contribution in [1.82, 2.24) is 10.2 Å². The maximum atomic E-state index is 14.3. The van der Waals surface area contributed by atoms with Gasteiger partial charge in [-0.05, 0) is 68.0 Å². The number of nitrogens with zero attached hydrogens (tertiary/aromatic N) is 2. The van der Waals surface area contributed by atoms with Crippen molar-refractivity contribution in [3.63, 3.8) is 0 Å². The molecule has 33 heavy (non-hydrogen) atoms. The highest BCUT2D eigenvalue weighted by Gasteiger charge is 2.52. The van der Waals surface area contributed by atoms with Gasteiger partial charge in [0.15, 0.2) is 0 Å². The Morgan fingerprint density at radius 1 is 1.15 bits per heavy atom. The molecule has 1 heterocycles. The summed E-state index contributed by atoms with van der Waals surface area (Å²) >= 11 is 0. The van der Waals surface area contributed by atoms with Crippen LogP contribution < -0.4 is 5.32 Å². The summed E-state index contributed by atoms with van der Waals surface area (Å²) in [6, 6.07) is 19.5. The highest BCUT2D eigenvalue weighted by atomic mass is 19.1. The van der Waals surface area contributed by atoms with Gasteiger partial charge in [0.05, 0.1) is 18.6 Å². The van der Waals surface area contributed by atoms with E-state index in [1.165, 1.54) is 24.8 Å². The summed E-state index contributed by atoms with van der Waals surface area (Å²) in [5, 5.41) is 13.7. The average molecular weight is 450 g/mol. The number of benzene rings is 2. The van der Waals surface area contributed by atoms with Crippen molar-refractivity contribution in [3.8, 4) is 6.07 Å². The Labute approximate surface area is 195 Å². The number of ether oxygens (including phenoxy) is 1. The largest absolute Gasteiger partial charge is 0.453 e. The molecule has 5 nitrogen and oxygen atoms in total. The molecule has 1 aliphatic carbocycles. The van der Waals surface area contributed by atoms with Crippen LogP contribution in [-0.2, 0) is 16.7 Å². The van der Waals surface area contributed by atoms with E-state index in [9.17, 15) is 14.4 Å². The third-order valence-corrected chi connectivity index (χ3v) is 7.56. The lowest BCUT2D eigenvalue weighted by molar-refractivity contribution is 0.103. The topological polar surface area (TPSA) is 65.4 Å². The van der Waals surface area contributed by atoms with Crippen molar-refractivity contribution in [2.75, 3.05) is 20.2 Å². The fraction of sp³-hybridized carbons (Fsp3) is 0.481. The molecule has 2 aliphatic rings. The van der Waals surface area contributed by atoms with E-state index in [4.69, 9.17) is 4.74 Å². The number of piperidine rings is 1. The highest BCUT2D eigenvalue weighted by Crippen LogP contribution is 2.50. The lowest BCUT2D eigenvalue weighted by atomic mass is 9.59. The van der Waals surface area contributed by atoms with Crippen LogP contribution in [0.4, 0.5) is 9.18 Å². The SMILES string of the molecule is COC(=O)NC1CCCC1C(C#N)(c1cccc(F)c1)C1CCN(Cc2ccccc2)CC1. The van der Waals surface area contributed by atoms with E-state index >= 15 is 0 Å². The summed E-state index contributed by atoms with van der Waals surface area (Å²) in [7, 11) is 1.35. The predicted octanol–water partition coefficient (Wildman–Crippen LogP) is 5.02. The molecule has 174 valence electrons. The van der Waals surface area contributed by atoms with Crippen LogP contribution in [0.3, 0.4) is 0 Å². The van der Waals surface area contributed by atoms with Gasteiger partial charge >= 0.3 is 6.09 Å². The smallest absolute Gasteiger partial charge is 0.407 e. The van der Waals surface area contributed by atoms with Crippen molar-refractivity contribution in [2.45, 2.75) is 50.1 Å². The van der Waals surface area contributed by atoms with Crippen LogP contribution in [0.5, 0.6) is 0 Å². The first-order chi connectivity index (χ1) is 16.1. The minimum Gasteiger partial charge on any atom is -0.453 e. The quantitative estimate of drug-likeness (QED) is 0.672. The average Bonchev–Trinajstić information content (AvgIpc) is 3.30. The number of rotatable bonds is 6. The van der Waals surface area contributed by atoms with E-state index in [2.05, 4.69) is 40.6 Å². The lowest BCUT2D eigenvalue weighted by Gasteiger charge is -2.46. The molecule has 2 aromatic carbocycles. The van der Waals surface area contributed by atoms with Crippen LogP contribution in [0, 0.1) is 29.0 Å². The van der Waals surface area contributed by atoms with Gasteiger partial charge in [-0.2, -0.15) is 5.26 Å². The number of carbonyl (C=O) groups excluding carboxylic acids is 1. The first-order valence-electron chi connectivity index (χ1n) is 11.8. The minimum absolute atomic E-state index is 0.0846. The van der Waals surface area contributed by atoms with E-state index in [0.29, 0.717) is 0 Å². The van der Waals surface area contributed by atoms with Crippen molar-refractivity contribution >= 4 is 6.09 Å². The fourth-order valence-electron chi connectivity index (χ4n) is 6.01. The highest BCUT2D eigenvalue weighted by molar-refractivity contribution is 5.67. The molecule has 1 aliphatic heterocycles. The molecule has 0 bridgehead atoms. The van der Waals surface area contributed by atoms with Gasteiger partial charge < -0.3 is 10.1 Å². The van der Waals surface area contributed by atoms with Crippen LogP contribution in [0.1, 0.15) is 43.2 Å². The summed E-state index contributed by atoms with van der Waals surface area (Å²) in [6.45, 7) is 2.67. The number of likely N-dealkylation sites (tertiary alicyclic amines) is 1. The molecule has 1 saturated carbocycles. The Kier molecular flexibility index (Phi) is 7.29. The van der Waals surface area contributed by atoms with E-state index < -0.39 is 11.5 Å². The van der Waals surface area contributed by atoms with Crippen molar-refractivity contribution in [1.29, 1.82) is 5.26 Å². The molecular formula is C27H32FN3O2. The Bertz CT molecular complexity index is 984. The normalized spacial score (nSPS) is 23.4. The van der Waals surface area contributed by atoms with E-state index in [-0.39, 0.29) is 23.7 Å². The van der Waals surface area contributed by atoms with Crippen molar-refractivity contribution in [3.05, 3.63) is 71.5 Å². The van der Waals surface area contributed by atoms with Crippen LogP contribution in [0.15, 0.2) is 54.6 Å². The summed E-state index contributed by atoms with van der Waals surface area (Å²) < 4.78 is 19.2. The van der Waals surface area contributed by atoms with Crippen LogP contribution >= 0.6 is 0 Å². The van der Waals surface area contributed by atoms with Crippen LogP contribution in [-0.4, -0.2) is 37.2 Å². The number of nitriles is 1. The van der Waals surface area contributed by atoms with Gasteiger partial charge in [0, 0.05) is 18.5 Å². The van der Waals surface area contributed by atoms with Gasteiger partial charge in [-0.3, -0.25) is 4.90 Å². The van der Waals surface area contributed by atoms with Gasteiger partial charge in [-0.15, -0.1) is 0 Å². The maximum absolute atomic E-state index is 14.3. The zero-order valence-electron chi connectivity index (χ0n) is 19.2. The minimum atomic E-state index is -0.858. The molecule has 1 N–H and O–H groups in total. The van der Waals surface area contributed by atoms with E-state index in [1.807, 2.05) is 12.1 Å². The van der Waals surface area contributed by atoms with Gasteiger partial charge in [0.25, 0.3) is 0 Å². The maximum Gasteiger partial charge on any atom is 0.407 e. The first kappa shape index (κ1) is 23.3. The second kappa shape index (κ2) is 10.4. The predicted molar refractivity (Wildman–Crippen MR) is 125 cm³/mol. The number of carbonyl (C=O) groups is 1. The molecule has 4 rings (SSSR count). The van der Waals surface area contributed by atoms with Gasteiger partial charge in [0.2, 0.25) is 0 Å². The first-order valence-corrected chi connectivity index (χ1v) is 11.8. The van der Waals surface area contributed by atoms with Gasteiger partial charge in [-0.1, -0.05) is 48.9 Å². The summed E-state index contributed by atoms with van der Waals surface area (Å²) in [6.07, 6.45) is 3.78. The fourth-order valence-corrected chi connectivity index (χ4v) is 6.01. The number of hydrogen-bond donors (Lipinski definition) is 1. The van der Waals surface area contributed by atoms with Crippen molar-refractivity contribution < 1.29 is 13.9 Å². The summed E-state index contributed by atoms with van der Waals surface area (Å²) in [5.74, 6) is -0.334. The van der Waals surface area contributed by atoms with E-state index in [1.54, 1.807) is 6.07 Å². The molecule has 0 aromatic heterocycles. The lowest BCUT2D eigenvalue weighted by Crippen LogP contribution is -2.52. The third kappa shape index (κ3) is 4.89. The molecule has 2 aromatic rings. The Morgan fingerprint density at radius 2 is 1.91 bits per heavy atom. The molecule has 3 unspecified atom stereocenters.